The molecule has 0 aliphatic carbocycles. The summed E-state index contributed by atoms with van der Waals surface area (Å²) >= 11 is 0. The predicted molar refractivity (Wildman–Crippen MR) is 75.8 cm³/mol. The van der Waals surface area contributed by atoms with E-state index in [2.05, 4.69) is 5.32 Å². The average molecular weight is 262 g/mol. The third-order valence-electron chi connectivity index (χ3n) is 3.85. The van der Waals surface area contributed by atoms with Crippen LogP contribution in [0.4, 0.5) is 5.69 Å². The first kappa shape index (κ1) is 13.9. The van der Waals surface area contributed by atoms with Gasteiger partial charge in [0.2, 0.25) is 5.91 Å². The molecular weight excluding hydrogens is 240 g/mol. The van der Waals surface area contributed by atoms with E-state index in [9.17, 15) is 4.79 Å². The predicted octanol–water partition coefficient (Wildman–Crippen LogP) is 1.91. The molecule has 19 heavy (non-hydrogen) atoms. The van der Waals surface area contributed by atoms with Gasteiger partial charge in [-0.05, 0) is 38.0 Å². The third-order valence-corrected chi connectivity index (χ3v) is 3.85. The molecule has 0 bridgehead atoms. The van der Waals surface area contributed by atoms with E-state index >= 15 is 0 Å². The minimum Gasteiger partial charge on any atom is -0.399 e. The number of amides is 1. The summed E-state index contributed by atoms with van der Waals surface area (Å²) in [5.41, 5.74) is 7.39. The molecule has 0 aromatic heterocycles. The lowest BCUT2D eigenvalue weighted by Gasteiger charge is -2.22. The largest absolute Gasteiger partial charge is 0.399 e. The van der Waals surface area contributed by atoms with Crippen LogP contribution in [0.2, 0.25) is 0 Å². The Labute approximate surface area is 114 Å². The molecule has 1 aliphatic heterocycles. The zero-order valence-corrected chi connectivity index (χ0v) is 11.6. The second kappa shape index (κ2) is 6.06. The van der Waals surface area contributed by atoms with Gasteiger partial charge in [-0.2, -0.15) is 0 Å². The Morgan fingerprint density at radius 2 is 2.26 bits per heavy atom. The summed E-state index contributed by atoms with van der Waals surface area (Å²) < 4.78 is 5.35. The summed E-state index contributed by atoms with van der Waals surface area (Å²) in [4.78, 5) is 12.2. The van der Waals surface area contributed by atoms with E-state index in [0.29, 0.717) is 11.6 Å². The maximum Gasteiger partial charge on any atom is 0.227 e. The van der Waals surface area contributed by atoms with Crippen molar-refractivity contribution in [2.45, 2.75) is 32.2 Å². The number of carbonyl (C=O) groups excluding carboxylic acids is 1. The van der Waals surface area contributed by atoms with E-state index < -0.39 is 0 Å². The highest BCUT2D eigenvalue weighted by molar-refractivity contribution is 5.83. The number of hydrogen-bond donors (Lipinski definition) is 2. The van der Waals surface area contributed by atoms with E-state index in [4.69, 9.17) is 10.5 Å². The molecule has 1 aliphatic rings. The SMILES string of the molecule is CC(C(=O)NC(C)C1CCOC1)c1cccc(N)c1. The van der Waals surface area contributed by atoms with Crippen LogP contribution in [-0.2, 0) is 9.53 Å². The standard InChI is InChI=1S/C15H22N2O2/c1-10(12-4-3-5-14(16)8-12)15(18)17-11(2)13-6-7-19-9-13/h3-5,8,10-11,13H,6-7,9,16H2,1-2H3,(H,17,18). The van der Waals surface area contributed by atoms with Crippen LogP contribution in [0.3, 0.4) is 0 Å². The van der Waals surface area contributed by atoms with Crippen molar-refractivity contribution in [2.24, 2.45) is 5.92 Å². The summed E-state index contributed by atoms with van der Waals surface area (Å²) in [5, 5.41) is 3.08. The van der Waals surface area contributed by atoms with Crippen LogP contribution < -0.4 is 11.1 Å². The van der Waals surface area contributed by atoms with Gasteiger partial charge in [0.15, 0.2) is 0 Å². The Hall–Kier alpha value is -1.55. The monoisotopic (exact) mass is 262 g/mol. The zero-order valence-electron chi connectivity index (χ0n) is 11.6. The number of nitrogen functional groups attached to an aromatic ring is 1. The van der Waals surface area contributed by atoms with Crippen LogP contribution in [0.5, 0.6) is 0 Å². The molecule has 1 saturated heterocycles. The molecule has 3 N–H and O–H groups in total. The fraction of sp³-hybridized carbons (Fsp3) is 0.533. The highest BCUT2D eigenvalue weighted by Gasteiger charge is 2.25. The van der Waals surface area contributed by atoms with Crippen LogP contribution >= 0.6 is 0 Å². The normalized spacial score (nSPS) is 21.9. The molecule has 2 rings (SSSR count). The Morgan fingerprint density at radius 3 is 2.89 bits per heavy atom. The maximum atomic E-state index is 12.2. The highest BCUT2D eigenvalue weighted by atomic mass is 16.5. The first-order valence-electron chi connectivity index (χ1n) is 6.81. The molecule has 104 valence electrons. The molecule has 0 saturated carbocycles. The lowest BCUT2D eigenvalue weighted by Crippen LogP contribution is -2.40. The second-order valence-corrected chi connectivity index (χ2v) is 5.31. The quantitative estimate of drug-likeness (QED) is 0.815. The highest BCUT2D eigenvalue weighted by Crippen LogP contribution is 2.20. The van der Waals surface area contributed by atoms with E-state index in [1.807, 2.05) is 38.1 Å². The molecule has 0 spiro atoms. The van der Waals surface area contributed by atoms with Crippen LogP contribution in [0.15, 0.2) is 24.3 Å². The van der Waals surface area contributed by atoms with Crippen molar-refractivity contribution in [3.8, 4) is 0 Å². The van der Waals surface area contributed by atoms with Gasteiger partial charge in [-0.3, -0.25) is 4.79 Å². The van der Waals surface area contributed by atoms with Crippen molar-refractivity contribution in [1.82, 2.24) is 5.32 Å². The van der Waals surface area contributed by atoms with Gasteiger partial charge in [-0.25, -0.2) is 0 Å². The van der Waals surface area contributed by atoms with Gasteiger partial charge < -0.3 is 15.8 Å². The number of carbonyl (C=O) groups is 1. The molecule has 3 unspecified atom stereocenters. The van der Waals surface area contributed by atoms with Crippen molar-refractivity contribution in [2.75, 3.05) is 18.9 Å². The molecule has 1 fully saturated rings. The maximum absolute atomic E-state index is 12.2. The first-order valence-corrected chi connectivity index (χ1v) is 6.81. The van der Waals surface area contributed by atoms with E-state index in [-0.39, 0.29) is 17.9 Å². The fourth-order valence-corrected chi connectivity index (χ4v) is 2.39. The Morgan fingerprint density at radius 1 is 1.47 bits per heavy atom. The van der Waals surface area contributed by atoms with E-state index in [1.54, 1.807) is 0 Å². The molecular formula is C15H22N2O2. The lowest BCUT2D eigenvalue weighted by atomic mass is 9.97. The Balaban J connectivity index is 1.95. The van der Waals surface area contributed by atoms with Gasteiger partial charge in [-0.15, -0.1) is 0 Å². The number of nitrogens with two attached hydrogens (primary N) is 1. The van der Waals surface area contributed by atoms with Gasteiger partial charge in [0.1, 0.15) is 0 Å². The summed E-state index contributed by atoms with van der Waals surface area (Å²) in [6, 6.07) is 7.64. The smallest absolute Gasteiger partial charge is 0.227 e. The van der Waals surface area contributed by atoms with Gasteiger partial charge in [0, 0.05) is 24.3 Å². The molecule has 1 amide bonds. The van der Waals surface area contributed by atoms with Crippen molar-refractivity contribution < 1.29 is 9.53 Å². The minimum absolute atomic E-state index is 0.0463. The molecule has 0 radical (unpaired) electrons. The zero-order chi connectivity index (χ0) is 13.8. The van der Waals surface area contributed by atoms with E-state index in [0.717, 1.165) is 25.2 Å². The summed E-state index contributed by atoms with van der Waals surface area (Å²) in [5.74, 6) is 0.287. The summed E-state index contributed by atoms with van der Waals surface area (Å²) in [6.07, 6.45) is 1.02. The Kier molecular flexibility index (Phi) is 4.43. The van der Waals surface area contributed by atoms with Crippen LogP contribution in [0.1, 0.15) is 31.7 Å². The number of nitrogens with one attached hydrogen (secondary N) is 1. The molecule has 4 nitrogen and oxygen atoms in total. The van der Waals surface area contributed by atoms with Crippen LogP contribution in [0, 0.1) is 5.92 Å². The average Bonchev–Trinajstić information content (AvgIpc) is 2.91. The second-order valence-electron chi connectivity index (χ2n) is 5.31. The minimum atomic E-state index is -0.187. The molecule has 3 atom stereocenters. The number of rotatable bonds is 4. The fourth-order valence-electron chi connectivity index (χ4n) is 2.39. The van der Waals surface area contributed by atoms with Crippen LogP contribution in [-0.4, -0.2) is 25.2 Å². The number of ether oxygens (including phenoxy) is 1. The molecule has 1 aromatic carbocycles. The number of benzene rings is 1. The van der Waals surface area contributed by atoms with Crippen molar-refractivity contribution in [3.63, 3.8) is 0 Å². The number of anilines is 1. The van der Waals surface area contributed by atoms with Crippen molar-refractivity contribution >= 4 is 11.6 Å². The van der Waals surface area contributed by atoms with Gasteiger partial charge in [-0.1, -0.05) is 12.1 Å². The summed E-state index contributed by atoms with van der Waals surface area (Å²) in [7, 11) is 0. The third kappa shape index (κ3) is 3.47. The molecule has 1 aromatic rings. The van der Waals surface area contributed by atoms with Crippen LogP contribution in [0.25, 0.3) is 0 Å². The Bertz CT molecular complexity index is 442. The van der Waals surface area contributed by atoms with Gasteiger partial charge >= 0.3 is 0 Å². The first-order chi connectivity index (χ1) is 9.08. The van der Waals surface area contributed by atoms with Crippen molar-refractivity contribution in [1.29, 1.82) is 0 Å². The molecule has 4 heteroatoms. The molecule has 1 heterocycles. The topological polar surface area (TPSA) is 64.3 Å². The number of hydrogen-bond acceptors (Lipinski definition) is 3. The van der Waals surface area contributed by atoms with Crippen molar-refractivity contribution in [3.05, 3.63) is 29.8 Å². The lowest BCUT2D eigenvalue weighted by molar-refractivity contribution is -0.123. The van der Waals surface area contributed by atoms with Gasteiger partial charge in [0.05, 0.1) is 12.5 Å². The van der Waals surface area contributed by atoms with Gasteiger partial charge in [0.25, 0.3) is 0 Å². The summed E-state index contributed by atoms with van der Waals surface area (Å²) in [6.45, 7) is 5.50. The van der Waals surface area contributed by atoms with E-state index in [1.165, 1.54) is 0 Å².